The van der Waals surface area contributed by atoms with E-state index in [2.05, 4.69) is 15.3 Å². The maximum Gasteiger partial charge on any atom is 0.348 e. The number of carbonyl (C=O) groups excluding carboxylic acids is 5. The lowest BCUT2D eigenvalue weighted by atomic mass is 9.89. The van der Waals surface area contributed by atoms with Crippen LogP contribution < -0.4 is 5.32 Å². The molecule has 1 fully saturated rings. The molecule has 0 radical (unpaired) electrons. The van der Waals surface area contributed by atoms with E-state index in [4.69, 9.17) is 40.8 Å². The number of rotatable bonds is 11. The number of halogens is 1. The minimum Gasteiger partial charge on any atom is -0.466 e. The minimum atomic E-state index is -1.78. The summed E-state index contributed by atoms with van der Waals surface area (Å²) < 4.78 is 27.0. The molecule has 0 aromatic carbocycles. The van der Waals surface area contributed by atoms with Crippen LogP contribution >= 0.6 is 23.4 Å². The summed E-state index contributed by atoms with van der Waals surface area (Å²) in [6.45, 7) is 2.76. The summed E-state index contributed by atoms with van der Waals surface area (Å²) in [6.07, 6.45) is -4.32. The van der Waals surface area contributed by atoms with E-state index in [1.54, 1.807) is 0 Å². The third-order valence-corrected chi connectivity index (χ3v) is 6.11. The molecule has 1 N–H and O–H groups in total. The van der Waals surface area contributed by atoms with Gasteiger partial charge in [-0.25, -0.2) is 4.79 Å². The van der Waals surface area contributed by atoms with Crippen LogP contribution in [0.15, 0.2) is 5.11 Å². The zero-order chi connectivity index (χ0) is 26.8. The van der Waals surface area contributed by atoms with Gasteiger partial charge in [-0.1, -0.05) is 5.11 Å². The summed E-state index contributed by atoms with van der Waals surface area (Å²) in [5, 5.41) is 5.93. The molecule has 1 aliphatic rings. The van der Waals surface area contributed by atoms with Gasteiger partial charge in [0.2, 0.25) is 10.8 Å². The summed E-state index contributed by atoms with van der Waals surface area (Å²) >= 11 is 6.55. The Bertz CT molecular complexity index is 867. The number of methoxy groups -OCH3 is 1. The van der Waals surface area contributed by atoms with Crippen LogP contribution in [0.5, 0.6) is 0 Å². The van der Waals surface area contributed by atoms with Crippen LogP contribution in [-0.4, -0.2) is 91.0 Å². The third-order valence-electron chi connectivity index (χ3n) is 4.78. The van der Waals surface area contributed by atoms with Crippen molar-refractivity contribution >= 4 is 53.1 Å². The van der Waals surface area contributed by atoms with Gasteiger partial charge in [0.15, 0.2) is 6.10 Å². The quantitative estimate of drug-likeness (QED) is 0.0977. The van der Waals surface area contributed by atoms with Crippen LogP contribution in [0.2, 0.25) is 0 Å². The van der Waals surface area contributed by atoms with E-state index < -0.39 is 77.6 Å². The van der Waals surface area contributed by atoms with Crippen molar-refractivity contribution in [3.63, 3.8) is 0 Å². The normalized spacial score (nSPS) is 25.1. The smallest absolute Gasteiger partial charge is 0.348 e. The maximum atomic E-state index is 12.8. The number of nitrogens with zero attached hydrogens (tertiary/aromatic N) is 3. The molecule has 0 spiro atoms. The molecule has 1 amide bonds. The van der Waals surface area contributed by atoms with Crippen molar-refractivity contribution in [2.45, 2.75) is 62.6 Å². The third kappa shape index (κ3) is 8.46. The molecule has 0 unspecified atom stereocenters. The molecule has 0 aromatic heterocycles. The number of nitrogens with one attached hydrogen (secondary N) is 1. The predicted octanol–water partition coefficient (Wildman–Crippen LogP) is 0.837. The van der Waals surface area contributed by atoms with E-state index in [9.17, 15) is 24.0 Å². The van der Waals surface area contributed by atoms with Crippen molar-refractivity contribution in [3.05, 3.63) is 10.4 Å². The van der Waals surface area contributed by atoms with E-state index in [1.165, 1.54) is 6.26 Å². The Balaban J connectivity index is 3.76. The number of alkyl halides is 1. The van der Waals surface area contributed by atoms with Crippen LogP contribution in [0.1, 0.15) is 27.2 Å². The standard InChI is InChI=1S/C19H27ClN4O10S/c1-9(25)31-12-6-19(35-5,18(29)30-4)34-17(15(12)23-14(28)7-20)16(33-11(3)27)13(8-22-24-21)32-10(2)26/h12-13,15-17H,6-8H2,1-5H3,(H,23,28)/t12-,13+,15+,16+,17+,19-/m0/s1. The Kier molecular flexibility index (Phi) is 12.1. The number of azide groups is 1. The molecule has 1 aliphatic heterocycles. The van der Waals surface area contributed by atoms with Gasteiger partial charge in [0.25, 0.3) is 0 Å². The van der Waals surface area contributed by atoms with Crippen molar-refractivity contribution in [1.29, 1.82) is 0 Å². The second-order valence-corrected chi connectivity index (χ2v) is 8.58. The molecule has 0 bridgehead atoms. The fourth-order valence-corrected chi connectivity index (χ4v) is 4.40. The highest BCUT2D eigenvalue weighted by molar-refractivity contribution is 8.00. The lowest BCUT2D eigenvalue weighted by Crippen LogP contribution is -2.68. The molecule has 0 aliphatic carbocycles. The number of carbonyl (C=O) groups is 5. The fourth-order valence-electron chi connectivity index (χ4n) is 3.53. The van der Waals surface area contributed by atoms with Gasteiger partial charge in [-0.15, -0.1) is 23.4 Å². The van der Waals surface area contributed by atoms with Crippen molar-refractivity contribution in [3.8, 4) is 0 Å². The highest BCUT2D eigenvalue weighted by atomic mass is 35.5. The Morgan fingerprint density at radius 1 is 1.20 bits per heavy atom. The van der Waals surface area contributed by atoms with Gasteiger partial charge in [0.1, 0.15) is 24.2 Å². The molecule has 1 saturated heterocycles. The number of esters is 4. The van der Waals surface area contributed by atoms with Gasteiger partial charge in [0, 0.05) is 32.1 Å². The van der Waals surface area contributed by atoms with Crippen molar-refractivity contribution in [2.75, 3.05) is 25.8 Å². The first kappa shape index (κ1) is 30.3. The Hall–Kier alpha value is -2.74. The molecule has 16 heteroatoms. The molecule has 35 heavy (non-hydrogen) atoms. The van der Waals surface area contributed by atoms with Crippen LogP contribution in [0.3, 0.4) is 0 Å². The number of hydrogen-bond donors (Lipinski definition) is 1. The van der Waals surface area contributed by atoms with Crippen LogP contribution in [0.4, 0.5) is 0 Å². The van der Waals surface area contributed by atoms with Gasteiger partial charge >= 0.3 is 23.9 Å². The maximum absolute atomic E-state index is 12.8. The Morgan fingerprint density at radius 2 is 1.83 bits per heavy atom. The highest BCUT2D eigenvalue weighted by Gasteiger charge is 2.58. The zero-order valence-electron chi connectivity index (χ0n) is 19.7. The summed E-state index contributed by atoms with van der Waals surface area (Å²) in [7, 11) is 1.12. The van der Waals surface area contributed by atoms with Gasteiger partial charge < -0.3 is 29.0 Å². The molecule has 0 aromatic rings. The topological polar surface area (TPSA) is 192 Å². The first-order valence-electron chi connectivity index (χ1n) is 10.1. The first-order valence-corrected chi connectivity index (χ1v) is 11.9. The van der Waals surface area contributed by atoms with Gasteiger partial charge in [-0.3, -0.25) is 19.2 Å². The average Bonchev–Trinajstić information content (AvgIpc) is 2.79. The summed E-state index contributed by atoms with van der Waals surface area (Å²) in [4.78, 5) is 61.5. The second-order valence-electron chi connectivity index (χ2n) is 7.25. The predicted molar refractivity (Wildman–Crippen MR) is 121 cm³/mol. The van der Waals surface area contributed by atoms with E-state index in [0.29, 0.717) is 0 Å². The fraction of sp³-hybridized carbons (Fsp3) is 0.737. The lowest BCUT2D eigenvalue weighted by molar-refractivity contribution is -0.220. The monoisotopic (exact) mass is 538 g/mol. The molecule has 1 rings (SSSR count). The molecule has 6 atom stereocenters. The summed E-state index contributed by atoms with van der Waals surface area (Å²) in [5.74, 6) is -4.42. The van der Waals surface area contributed by atoms with E-state index in [1.807, 2.05) is 0 Å². The Labute approximate surface area is 210 Å². The largest absolute Gasteiger partial charge is 0.466 e. The van der Waals surface area contributed by atoms with E-state index in [0.717, 1.165) is 39.6 Å². The van der Waals surface area contributed by atoms with E-state index in [-0.39, 0.29) is 6.42 Å². The van der Waals surface area contributed by atoms with Gasteiger partial charge in [0.05, 0.1) is 19.7 Å². The highest BCUT2D eigenvalue weighted by Crippen LogP contribution is 2.41. The number of ether oxygens (including phenoxy) is 5. The zero-order valence-corrected chi connectivity index (χ0v) is 21.3. The summed E-state index contributed by atoms with van der Waals surface area (Å²) in [6, 6.07) is -1.23. The van der Waals surface area contributed by atoms with Crippen LogP contribution in [-0.2, 0) is 47.7 Å². The summed E-state index contributed by atoms with van der Waals surface area (Å²) in [5.41, 5.74) is 8.78. The molecular formula is C19H27ClN4O10S. The minimum absolute atomic E-state index is 0.258. The van der Waals surface area contributed by atoms with Gasteiger partial charge in [-0.2, -0.15) is 0 Å². The SMILES string of the molecule is COC(=O)[C@@]1(SC)C[C@H](OC(C)=O)[C@@H](NC(=O)CCl)[C@H]([C@H](OC(C)=O)[C@@H](CN=[N+]=[N-])OC(C)=O)O1. The molecule has 1 heterocycles. The lowest BCUT2D eigenvalue weighted by Gasteiger charge is -2.48. The molecular weight excluding hydrogens is 512 g/mol. The second kappa shape index (κ2) is 14.0. The molecule has 196 valence electrons. The number of thioether (sulfide) groups is 1. The van der Waals surface area contributed by atoms with E-state index >= 15 is 0 Å². The average molecular weight is 539 g/mol. The van der Waals surface area contributed by atoms with Crippen LogP contribution in [0.25, 0.3) is 10.4 Å². The van der Waals surface area contributed by atoms with Crippen molar-refractivity contribution < 1.29 is 47.7 Å². The van der Waals surface area contributed by atoms with Crippen LogP contribution in [0, 0.1) is 0 Å². The van der Waals surface area contributed by atoms with Crippen molar-refractivity contribution in [2.24, 2.45) is 5.11 Å². The number of hydrogen-bond acceptors (Lipinski definition) is 12. The molecule has 0 saturated carbocycles. The number of amides is 1. The van der Waals surface area contributed by atoms with Crippen molar-refractivity contribution in [1.82, 2.24) is 5.32 Å². The molecule has 14 nitrogen and oxygen atoms in total. The van der Waals surface area contributed by atoms with Gasteiger partial charge in [-0.05, 0) is 11.8 Å². The first-order chi connectivity index (χ1) is 16.4. The Morgan fingerprint density at radius 3 is 2.29 bits per heavy atom.